The summed E-state index contributed by atoms with van der Waals surface area (Å²) in [4.78, 5) is 27.0. The maximum atomic E-state index is 12.6. The number of likely N-dealkylation sites (tertiary alicyclic amines) is 1. The molecule has 2 aromatic carbocycles. The lowest BCUT2D eigenvalue weighted by Gasteiger charge is -2.41. The van der Waals surface area contributed by atoms with Crippen molar-refractivity contribution in [1.82, 2.24) is 4.90 Å². The van der Waals surface area contributed by atoms with Crippen LogP contribution in [0.4, 0.5) is 0 Å². The molecule has 1 saturated carbocycles. The molecule has 29 heavy (non-hydrogen) atoms. The average molecular weight is 412 g/mol. The first-order valence-corrected chi connectivity index (χ1v) is 10.5. The summed E-state index contributed by atoms with van der Waals surface area (Å²) in [6.07, 6.45) is 2.21. The summed E-state index contributed by atoms with van der Waals surface area (Å²) < 4.78 is 0. The molecular formula is C24H26ClNO3. The van der Waals surface area contributed by atoms with Crippen molar-refractivity contribution in [1.29, 1.82) is 0 Å². The van der Waals surface area contributed by atoms with Gasteiger partial charge in [0.1, 0.15) is 5.78 Å². The molecule has 1 N–H and O–H groups in total. The zero-order valence-electron chi connectivity index (χ0n) is 16.6. The minimum atomic E-state index is -0.806. The Labute approximate surface area is 176 Å². The standard InChI is InChI=1S/C24H26ClNO3/c1-17(27)23(18-5-3-2-4-6-18)11-13-26(14-12-23)16-20-15-24(20,22(28)29)19-7-9-21(25)10-8-19/h2-10,20H,11-16H2,1H3,(H,28,29)/t20-,24+/m0/s1. The smallest absolute Gasteiger partial charge is 0.314 e. The van der Waals surface area contributed by atoms with Gasteiger partial charge >= 0.3 is 5.97 Å². The first kappa shape index (κ1) is 20.1. The number of carboxylic acids is 1. The second kappa shape index (κ2) is 7.58. The fourth-order valence-corrected chi connectivity index (χ4v) is 5.19. The topological polar surface area (TPSA) is 57.6 Å². The van der Waals surface area contributed by atoms with E-state index in [0.29, 0.717) is 11.4 Å². The molecule has 0 amide bonds. The third-order valence-electron chi connectivity index (χ3n) is 7.03. The van der Waals surface area contributed by atoms with Gasteiger partial charge in [-0.1, -0.05) is 54.1 Å². The number of ketones is 1. The van der Waals surface area contributed by atoms with Crippen molar-refractivity contribution in [2.75, 3.05) is 19.6 Å². The van der Waals surface area contributed by atoms with Crippen LogP contribution in [0.1, 0.15) is 37.3 Å². The van der Waals surface area contributed by atoms with Crippen LogP contribution in [0.15, 0.2) is 54.6 Å². The molecule has 4 rings (SSSR count). The number of carbonyl (C=O) groups excluding carboxylic acids is 1. The van der Waals surface area contributed by atoms with Crippen LogP contribution < -0.4 is 0 Å². The first-order valence-electron chi connectivity index (χ1n) is 10.2. The Bertz CT molecular complexity index is 903. The number of carbonyl (C=O) groups is 2. The van der Waals surface area contributed by atoms with Crippen LogP contribution >= 0.6 is 11.6 Å². The summed E-state index contributed by atoms with van der Waals surface area (Å²) in [5.41, 5.74) is 0.707. The van der Waals surface area contributed by atoms with E-state index in [9.17, 15) is 14.7 Å². The highest BCUT2D eigenvalue weighted by Gasteiger charge is 2.61. The highest BCUT2D eigenvalue weighted by molar-refractivity contribution is 6.30. The summed E-state index contributed by atoms with van der Waals surface area (Å²) in [6, 6.07) is 17.3. The van der Waals surface area contributed by atoms with Crippen molar-refractivity contribution in [2.24, 2.45) is 5.92 Å². The number of rotatable bonds is 6. The zero-order chi connectivity index (χ0) is 20.6. The van der Waals surface area contributed by atoms with Gasteiger partial charge in [-0.2, -0.15) is 0 Å². The minimum Gasteiger partial charge on any atom is -0.481 e. The van der Waals surface area contributed by atoms with Crippen molar-refractivity contribution >= 4 is 23.4 Å². The number of benzene rings is 2. The molecule has 0 radical (unpaired) electrons. The van der Waals surface area contributed by atoms with Crippen LogP contribution in [0.25, 0.3) is 0 Å². The van der Waals surface area contributed by atoms with Gasteiger partial charge in [0, 0.05) is 11.6 Å². The van der Waals surface area contributed by atoms with Gasteiger partial charge in [0.15, 0.2) is 0 Å². The monoisotopic (exact) mass is 411 g/mol. The van der Waals surface area contributed by atoms with E-state index in [2.05, 4.69) is 4.90 Å². The van der Waals surface area contributed by atoms with E-state index in [0.717, 1.165) is 43.6 Å². The van der Waals surface area contributed by atoms with E-state index in [1.807, 2.05) is 42.5 Å². The number of halogens is 1. The molecule has 2 fully saturated rings. The first-order chi connectivity index (χ1) is 13.9. The van der Waals surface area contributed by atoms with Crippen molar-refractivity contribution in [2.45, 2.75) is 37.0 Å². The number of aliphatic carboxylic acids is 1. The molecule has 4 nitrogen and oxygen atoms in total. The Balaban J connectivity index is 1.45. The molecule has 2 aliphatic rings. The lowest BCUT2D eigenvalue weighted by atomic mass is 9.70. The van der Waals surface area contributed by atoms with E-state index < -0.39 is 16.8 Å². The van der Waals surface area contributed by atoms with E-state index in [1.54, 1.807) is 19.1 Å². The Morgan fingerprint density at radius 3 is 2.21 bits per heavy atom. The van der Waals surface area contributed by atoms with E-state index >= 15 is 0 Å². The fraction of sp³-hybridized carbons (Fsp3) is 0.417. The van der Waals surface area contributed by atoms with Crippen LogP contribution in [0.3, 0.4) is 0 Å². The summed E-state index contributed by atoms with van der Waals surface area (Å²) in [6.45, 7) is 4.06. The Hall–Kier alpha value is -2.17. The second-order valence-electron chi connectivity index (χ2n) is 8.49. The van der Waals surface area contributed by atoms with Gasteiger partial charge in [-0.05, 0) is 68.5 Å². The van der Waals surface area contributed by atoms with Crippen LogP contribution in [0, 0.1) is 5.92 Å². The summed E-state index contributed by atoms with van der Waals surface area (Å²) in [7, 11) is 0. The summed E-state index contributed by atoms with van der Waals surface area (Å²) >= 11 is 5.97. The van der Waals surface area contributed by atoms with Gasteiger partial charge in [0.05, 0.1) is 10.8 Å². The van der Waals surface area contributed by atoms with Crippen LogP contribution in [-0.2, 0) is 20.4 Å². The molecule has 1 saturated heterocycles. The molecular weight excluding hydrogens is 386 g/mol. The number of nitrogens with zero attached hydrogens (tertiary/aromatic N) is 1. The molecule has 0 bridgehead atoms. The SMILES string of the molecule is CC(=O)C1(c2ccccc2)CCN(C[C@@H]2C[C@@]2(C(=O)O)c2ccc(Cl)cc2)CC1. The molecule has 0 unspecified atom stereocenters. The predicted molar refractivity (Wildman–Crippen MR) is 113 cm³/mol. The number of piperidine rings is 1. The molecule has 5 heteroatoms. The van der Waals surface area contributed by atoms with Gasteiger partial charge in [0.25, 0.3) is 0 Å². The van der Waals surface area contributed by atoms with E-state index in [-0.39, 0.29) is 11.7 Å². The molecule has 1 heterocycles. The van der Waals surface area contributed by atoms with Crippen molar-refractivity contribution in [3.8, 4) is 0 Å². The van der Waals surface area contributed by atoms with Crippen molar-refractivity contribution < 1.29 is 14.7 Å². The lowest BCUT2D eigenvalue weighted by Crippen LogP contribution is -2.47. The summed E-state index contributed by atoms with van der Waals surface area (Å²) in [5, 5.41) is 10.5. The molecule has 0 aromatic heterocycles. The lowest BCUT2D eigenvalue weighted by molar-refractivity contribution is -0.140. The van der Waals surface area contributed by atoms with Gasteiger partial charge in [-0.25, -0.2) is 0 Å². The third kappa shape index (κ3) is 3.49. The Morgan fingerprint density at radius 1 is 1.03 bits per heavy atom. The predicted octanol–water partition coefficient (Wildman–Crippen LogP) is 4.31. The highest BCUT2D eigenvalue weighted by Crippen LogP contribution is 2.55. The summed E-state index contributed by atoms with van der Waals surface area (Å²) in [5.74, 6) is -0.456. The minimum absolute atomic E-state index is 0.0859. The van der Waals surface area contributed by atoms with Gasteiger partial charge in [0.2, 0.25) is 0 Å². The van der Waals surface area contributed by atoms with Crippen LogP contribution in [-0.4, -0.2) is 41.4 Å². The Morgan fingerprint density at radius 2 is 1.66 bits per heavy atom. The number of hydrogen-bond acceptors (Lipinski definition) is 3. The average Bonchev–Trinajstić information content (AvgIpc) is 3.45. The van der Waals surface area contributed by atoms with Crippen LogP contribution in [0.5, 0.6) is 0 Å². The number of hydrogen-bond donors (Lipinski definition) is 1. The largest absolute Gasteiger partial charge is 0.481 e. The van der Waals surface area contributed by atoms with Crippen molar-refractivity contribution in [3.05, 3.63) is 70.7 Å². The van der Waals surface area contributed by atoms with E-state index in [4.69, 9.17) is 11.6 Å². The van der Waals surface area contributed by atoms with E-state index in [1.165, 1.54) is 0 Å². The maximum Gasteiger partial charge on any atom is 0.314 e. The van der Waals surface area contributed by atoms with Gasteiger partial charge in [-0.15, -0.1) is 0 Å². The zero-order valence-corrected chi connectivity index (χ0v) is 17.4. The number of carboxylic acid groups (broad SMARTS) is 1. The molecule has 1 aliphatic carbocycles. The fourth-order valence-electron chi connectivity index (χ4n) is 5.07. The molecule has 152 valence electrons. The normalized spacial score (nSPS) is 26.1. The maximum absolute atomic E-state index is 12.6. The molecule has 1 aliphatic heterocycles. The number of Topliss-reactive ketones (excluding diaryl/α,β-unsaturated/α-hetero) is 1. The molecule has 0 spiro atoms. The van der Waals surface area contributed by atoms with Gasteiger partial charge in [-0.3, -0.25) is 9.59 Å². The molecule has 2 aromatic rings. The third-order valence-corrected chi connectivity index (χ3v) is 7.29. The van der Waals surface area contributed by atoms with Crippen LogP contribution in [0.2, 0.25) is 5.02 Å². The Kier molecular flexibility index (Phi) is 5.26. The molecule has 2 atom stereocenters. The van der Waals surface area contributed by atoms with Gasteiger partial charge < -0.3 is 10.0 Å². The highest BCUT2D eigenvalue weighted by atomic mass is 35.5. The van der Waals surface area contributed by atoms with Crippen molar-refractivity contribution in [3.63, 3.8) is 0 Å². The second-order valence-corrected chi connectivity index (χ2v) is 8.93. The quantitative estimate of drug-likeness (QED) is 0.769.